The number of aliphatic hydroxyl groups excluding tert-OH is 1. The van der Waals surface area contributed by atoms with Gasteiger partial charge in [0.15, 0.2) is 0 Å². The highest BCUT2D eigenvalue weighted by molar-refractivity contribution is 7.97. The molecule has 0 atom stereocenters. The van der Waals surface area contributed by atoms with Crippen molar-refractivity contribution in [1.82, 2.24) is 4.31 Å². The van der Waals surface area contributed by atoms with Crippen molar-refractivity contribution in [2.45, 2.75) is 17.9 Å². The minimum Gasteiger partial charge on any atom is -0.395 e. The van der Waals surface area contributed by atoms with Crippen molar-refractivity contribution in [3.8, 4) is 0 Å². The van der Waals surface area contributed by atoms with Crippen LogP contribution in [0.5, 0.6) is 0 Å². The summed E-state index contributed by atoms with van der Waals surface area (Å²) in [6.45, 7) is 1.67. The van der Waals surface area contributed by atoms with Crippen molar-refractivity contribution in [3.63, 3.8) is 0 Å². The highest BCUT2D eigenvalue weighted by Crippen LogP contribution is 2.39. The molecule has 4 rings (SSSR count). The molecule has 0 unspecified atom stereocenters. The quantitative estimate of drug-likeness (QED) is 0.868. The molecule has 0 saturated carbocycles. The van der Waals surface area contributed by atoms with Gasteiger partial charge in [-0.2, -0.15) is 0 Å². The maximum atomic E-state index is 13.3. The molecule has 3 aliphatic rings. The molecule has 0 bridgehead atoms. The van der Waals surface area contributed by atoms with Crippen LogP contribution in [0.25, 0.3) is 5.57 Å². The lowest BCUT2D eigenvalue weighted by Crippen LogP contribution is -2.14. The lowest BCUT2D eigenvalue weighted by Gasteiger charge is -2.12. The third kappa shape index (κ3) is 2.35. The number of fused-ring (bicyclic) bond motifs is 2. The fraction of sp³-hybridized carbons (Fsp3) is 0.235. The Morgan fingerprint density at radius 1 is 1.27 bits per heavy atom. The first-order chi connectivity index (χ1) is 10.7. The monoisotopic (exact) mass is 314 g/mol. The third-order valence-corrected chi connectivity index (χ3v) is 5.18. The smallest absolute Gasteiger partial charge is 0.106 e. The molecule has 2 aliphatic heterocycles. The molecule has 2 heterocycles. The van der Waals surface area contributed by atoms with Gasteiger partial charge in [0, 0.05) is 41.8 Å². The van der Waals surface area contributed by atoms with E-state index < -0.39 is 0 Å². The van der Waals surface area contributed by atoms with E-state index in [0.29, 0.717) is 6.54 Å². The van der Waals surface area contributed by atoms with Gasteiger partial charge in [0.25, 0.3) is 0 Å². The Kier molecular flexibility index (Phi) is 3.48. The Morgan fingerprint density at radius 2 is 2.18 bits per heavy atom. The van der Waals surface area contributed by atoms with Crippen LogP contribution in [0.4, 0.5) is 4.39 Å². The molecule has 22 heavy (non-hydrogen) atoms. The first kappa shape index (κ1) is 13.9. The van der Waals surface area contributed by atoms with Gasteiger partial charge < -0.3 is 5.11 Å². The average Bonchev–Trinajstić information content (AvgIpc) is 3.09. The van der Waals surface area contributed by atoms with E-state index in [2.05, 4.69) is 27.5 Å². The van der Waals surface area contributed by atoms with E-state index in [0.717, 1.165) is 29.0 Å². The van der Waals surface area contributed by atoms with Gasteiger partial charge in [0.2, 0.25) is 0 Å². The van der Waals surface area contributed by atoms with Gasteiger partial charge in [-0.3, -0.25) is 4.99 Å². The Morgan fingerprint density at radius 3 is 3.05 bits per heavy atom. The maximum absolute atomic E-state index is 13.3. The summed E-state index contributed by atoms with van der Waals surface area (Å²) in [4.78, 5) is 5.60. The van der Waals surface area contributed by atoms with Crippen LogP contribution in [0, 0.1) is 0 Å². The van der Waals surface area contributed by atoms with E-state index in [1.807, 2.05) is 12.3 Å². The van der Waals surface area contributed by atoms with Gasteiger partial charge in [-0.15, -0.1) is 0 Å². The Bertz CT molecular complexity index is 764. The van der Waals surface area contributed by atoms with Crippen LogP contribution < -0.4 is 0 Å². The highest BCUT2D eigenvalue weighted by Gasteiger charge is 2.25. The summed E-state index contributed by atoms with van der Waals surface area (Å²) in [5, 5.41) is 9.06. The second-order valence-electron chi connectivity index (χ2n) is 5.49. The first-order valence-corrected chi connectivity index (χ1v) is 8.03. The molecule has 1 aromatic rings. The largest absolute Gasteiger partial charge is 0.395 e. The van der Waals surface area contributed by atoms with Crippen molar-refractivity contribution in [2.24, 2.45) is 4.99 Å². The fourth-order valence-electron chi connectivity index (χ4n) is 2.94. The molecule has 0 amide bonds. The zero-order valence-electron chi connectivity index (χ0n) is 11.9. The van der Waals surface area contributed by atoms with Gasteiger partial charge in [-0.25, -0.2) is 8.70 Å². The van der Waals surface area contributed by atoms with Crippen molar-refractivity contribution < 1.29 is 9.50 Å². The summed E-state index contributed by atoms with van der Waals surface area (Å²) in [7, 11) is 0. The predicted molar refractivity (Wildman–Crippen MR) is 87.1 cm³/mol. The lowest BCUT2D eigenvalue weighted by molar-refractivity contribution is 0.261. The van der Waals surface area contributed by atoms with Gasteiger partial charge in [0.05, 0.1) is 12.3 Å². The Hall–Kier alpha value is -1.69. The number of aliphatic hydroxyl groups is 1. The number of allylic oxidation sites excluding steroid dienone is 5. The molecule has 0 saturated heterocycles. The van der Waals surface area contributed by atoms with Crippen molar-refractivity contribution in [2.75, 3.05) is 13.2 Å². The molecule has 1 aliphatic carbocycles. The number of rotatable bonds is 3. The topological polar surface area (TPSA) is 35.8 Å². The molecular weight excluding hydrogens is 299 g/mol. The van der Waals surface area contributed by atoms with Crippen LogP contribution in [0.1, 0.15) is 17.5 Å². The van der Waals surface area contributed by atoms with E-state index in [-0.39, 0.29) is 18.9 Å². The van der Waals surface area contributed by atoms with Gasteiger partial charge in [-0.1, -0.05) is 6.07 Å². The maximum Gasteiger partial charge on any atom is 0.106 e. The molecular formula is C17H15FN2OS. The number of benzene rings is 1. The molecule has 1 N–H and O–H groups in total. The van der Waals surface area contributed by atoms with Gasteiger partial charge in [-0.05, 0) is 47.4 Å². The molecule has 1 aromatic carbocycles. The summed E-state index contributed by atoms with van der Waals surface area (Å²) in [6.07, 6.45) is 5.47. The van der Waals surface area contributed by atoms with Crippen molar-refractivity contribution in [1.29, 1.82) is 0 Å². The van der Waals surface area contributed by atoms with E-state index in [1.165, 1.54) is 16.5 Å². The van der Waals surface area contributed by atoms with Crippen molar-refractivity contribution >= 4 is 23.2 Å². The number of β-amino-alcohol motifs (C(OH)–C–C–N with tert-alkyl or cyclic N) is 1. The summed E-state index contributed by atoms with van der Waals surface area (Å²) in [6, 6.07) is 6.39. The second kappa shape index (κ2) is 5.50. The van der Waals surface area contributed by atoms with E-state index in [9.17, 15) is 4.39 Å². The average molecular weight is 314 g/mol. The molecule has 5 heteroatoms. The third-order valence-electron chi connectivity index (χ3n) is 4.01. The lowest BCUT2D eigenvalue weighted by atomic mass is 9.92. The fourth-order valence-corrected chi connectivity index (χ4v) is 3.97. The number of hydrogen-bond acceptors (Lipinski definition) is 4. The minimum atomic E-state index is -0.137. The Labute approximate surface area is 132 Å². The summed E-state index contributed by atoms with van der Waals surface area (Å²) in [5.41, 5.74) is 5.28. The molecule has 0 fully saturated rings. The number of aliphatic imine (C=N–C) groups is 1. The van der Waals surface area contributed by atoms with Crippen molar-refractivity contribution in [3.05, 3.63) is 59.1 Å². The van der Waals surface area contributed by atoms with Gasteiger partial charge in [0.1, 0.15) is 5.83 Å². The van der Waals surface area contributed by atoms with Gasteiger partial charge >= 0.3 is 0 Å². The normalized spacial score (nSPS) is 20.1. The molecule has 0 radical (unpaired) electrons. The summed E-state index contributed by atoms with van der Waals surface area (Å²) in [5.74, 6) is -0.137. The zero-order chi connectivity index (χ0) is 15.1. The molecule has 112 valence electrons. The van der Waals surface area contributed by atoms with Crippen LogP contribution in [-0.2, 0) is 6.54 Å². The first-order valence-electron chi connectivity index (χ1n) is 7.25. The molecule has 0 spiro atoms. The van der Waals surface area contributed by atoms with Crippen LogP contribution in [0.2, 0.25) is 0 Å². The molecule has 3 nitrogen and oxygen atoms in total. The number of halogens is 1. The van der Waals surface area contributed by atoms with Crippen LogP contribution in [-0.4, -0.2) is 28.3 Å². The number of hydrogen-bond donors (Lipinski definition) is 1. The Balaban J connectivity index is 1.63. The minimum absolute atomic E-state index is 0.137. The SMILES string of the molecule is OCCN1Cc2cc(C3=CN=C4CC(F)=CC=C34)ccc2S1. The summed E-state index contributed by atoms with van der Waals surface area (Å²) < 4.78 is 15.5. The van der Waals surface area contributed by atoms with E-state index >= 15 is 0 Å². The van der Waals surface area contributed by atoms with Crippen LogP contribution in [0.3, 0.4) is 0 Å². The summed E-state index contributed by atoms with van der Waals surface area (Å²) >= 11 is 1.69. The van der Waals surface area contributed by atoms with Crippen LogP contribution >= 0.6 is 11.9 Å². The highest BCUT2D eigenvalue weighted by atomic mass is 32.2. The van der Waals surface area contributed by atoms with E-state index in [4.69, 9.17) is 5.11 Å². The zero-order valence-corrected chi connectivity index (χ0v) is 12.7. The van der Waals surface area contributed by atoms with E-state index in [1.54, 1.807) is 11.9 Å². The predicted octanol–water partition coefficient (Wildman–Crippen LogP) is 3.48. The molecule has 0 aromatic heterocycles. The second-order valence-corrected chi connectivity index (χ2v) is 6.63. The standard InChI is InChI=1S/C17H15FN2OS/c18-13-2-3-14-15(9-19-16(14)8-13)11-1-4-17-12(7-11)10-20(22-17)5-6-21/h1-4,7,9,21H,5-6,8,10H2. The van der Waals surface area contributed by atoms with Crippen LogP contribution in [0.15, 0.2) is 57.8 Å². The number of nitrogens with zero attached hydrogens (tertiary/aromatic N) is 2.